The van der Waals surface area contributed by atoms with Gasteiger partial charge >= 0.3 is 0 Å². The van der Waals surface area contributed by atoms with E-state index in [1.807, 2.05) is 6.92 Å². The zero-order chi connectivity index (χ0) is 12.3. The van der Waals surface area contributed by atoms with Crippen molar-refractivity contribution in [3.05, 3.63) is 41.3 Å². The van der Waals surface area contributed by atoms with Crippen LogP contribution in [0.15, 0.2) is 33.9 Å². The highest BCUT2D eigenvalue weighted by Crippen LogP contribution is 2.22. The Bertz CT molecular complexity index is 484. The predicted molar refractivity (Wildman–Crippen MR) is 74.9 cm³/mol. The Labute approximate surface area is 117 Å². The van der Waals surface area contributed by atoms with Gasteiger partial charge in [-0.25, -0.2) is 0 Å². The molecule has 98 valence electrons. The van der Waals surface area contributed by atoms with Crippen molar-refractivity contribution in [1.82, 2.24) is 10.2 Å². The Balaban J connectivity index is 0.00000162. The molecule has 0 amide bonds. The molecular weight excluding hydrogens is 270 g/mol. The molecule has 2 N–H and O–H groups in total. The third-order valence-corrected chi connectivity index (χ3v) is 3.18. The lowest BCUT2D eigenvalue weighted by molar-refractivity contribution is 0.394. The molecule has 4 nitrogen and oxygen atoms in total. The lowest BCUT2D eigenvalue weighted by Gasteiger charge is -1.99. The van der Waals surface area contributed by atoms with Crippen molar-refractivity contribution in [2.75, 3.05) is 0 Å². The van der Waals surface area contributed by atoms with Gasteiger partial charge in [0.05, 0.1) is 6.04 Å². The van der Waals surface area contributed by atoms with Crippen LogP contribution in [0.3, 0.4) is 0 Å². The number of hydrogen-bond acceptors (Lipinski definition) is 5. The maximum absolute atomic E-state index is 5.65. The van der Waals surface area contributed by atoms with E-state index in [4.69, 9.17) is 10.2 Å². The molecule has 1 aromatic carbocycles. The second kappa shape index (κ2) is 6.78. The van der Waals surface area contributed by atoms with E-state index in [0.717, 1.165) is 5.75 Å². The van der Waals surface area contributed by atoms with E-state index < -0.39 is 0 Å². The average Bonchev–Trinajstić information content (AvgIpc) is 2.77. The van der Waals surface area contributed by atoms with Crippen molar-refractivity contribution in [2.24, 2.45) is 5.73 Å². The molecule has 18 heavy (non-hydrogen) atoms. The van der Waals surface area contributed by atoms with Gasteiger partial charge < -0.3 is 10.2 Å². The topological polar surface area (TPSA) is 64.9 Å². The minimum absolute atomic E-state index is 0. The summed E-state index contributed by atoms with van der Waals surface area (Å²) >= 11 is 1.52. The van der Waals surface area contributed by atoms with Gasteiger partial charge in [-0.3, -0.25) is 0 Å². The highest BCUT2D eigenvalue weighted by atomic mass is 35.5. The number of nitrogens with zero attached hydrogens (tertiary/aromatic N) is 2. The summed E-state index contributed by atoms with van der Waals surface area (Å²) in [6, 6.07) is 8.18. The molecule has 1 atom stereocenters. The summed E-state index contributed by atoms with van der Waals surface area (Å²) in [7, 11) is 0. The second-order valence-electron chi connectivity index (χ2n) is 3.97. The Morgan fingerprint density at radius 3 is 2.50 bits per heavy atom. The zero-order valence-corrected chi connectivity index (χ0v) is 11.9. The molecule has 0 aliphatic heterocycles. The van der Waals surface area contributed by atoms with Crippen LogP contribution in [-0.4, -0.2) is 10.2 Å². The number of nitrogens with two attached hydrogens (primary N) is 1. The van der Waals surface area contributed by atoms with Crippen molar-refractivity contribution in [2.45, 2.75) is 30.9 Å². The molecule has 0 saturated carbocycles. The molecule has 0 radical (unpaired) electrons. The number of thioether (sulfide) groups is 1. The summed E-state index contributed by atoms with van der Waals surface area (Å²) < 4.78 is 5.41. The lowest BCUT2D eigenvalue weighted by atomic mass is 10.2. The summed E-state index contributed by atoms with van der Waals surface area (Å²) in [5.74, 6) is 1.30. The van der Waals surface area contributed by atoms with Crippen molar-refractivity contribution in [1.29, 1.82) is 0 Å². The molecule has 0 unspecified atom stereocenters. The predicted octanol–water partition coefficient (Wildman–Crippen LogP) is 3.11. The van der Waals surface area contributed by atoms with Gasteiger partial charge in [0, 0.05) is 5.75 Å². The van der Waals surface area contributed by atoms with Crippen LogP contribution in [0.4, 0.5) is 0 Å². The van der Waals surface area contributed by atoms with Crippen LogP contribution in [0.1, 0.15) is 30.0 Å². The monoisotopic (exact) mass is 285 g/mol. The zero-order valence-electron chi connectivity index (χ0n) is 10.3. The van der Waals surface area contributed by atoms with Gasteiger partial charge in [0.1, 0.15) is 0 Å². The van der Waals surface area contributed by atoms with E-state index in [1.165, 1.54) is 22.9 Å². The fraction of sp³-hybridized carbons (Fsp3) is 0.333. The summed E-state index contributed by atoms with van der Waals surface area (Å²) in [5, 5.41) is 8.38. The molecular formula is C12H16ClN3OS. The van der Waals surface area contributed by atoms with Crippen LogP contribution in [0.2, 0.25) is 0 Å². The number of rotatable bonds is 4. The molecule has 0 bridgehead atoms. The highest BCUT2D eigenvalue weighted by Gasteiger charge is 2.10. The molecule has 6 heteroatoms. The number of benzene rings is 1. The smallest absolute Gasteiger partial charge is 0.276 e. The van der Waals surface area contributed by atoms with Crippen LogP contribution < -0.4 is 5.73 Å². The summed E-state index contributed by atoms with van der Waals surface area (Å²) in [6.45, 7) is 3.89. The fourth-order valence-electron chi connectivity index (χ4n) is 1.29. The Hall–Kier alpha value is -1.04. The van der Waals surface area contributed by atoms with Crippen molar-refractivity contribution in [3.63, 3.8) is 0 Å². The standard InChI is InChI=1S/C12H15N3OS.ClH/c1-8-3-5-10(6-4-8)7-17-12-15-14-11(16-12)9(2)13;/h3-6,9H,7,13H2,1-2H3;1H/t9-;/m0./s1. The van der Waals surface area contributed by atoms with Crippen LogP contribution in [0, 0.1) is 6.92 Å². The van der Waals surface area contributed by atoms with E-state index in [0.29, 0.717) is 11.1 Å². The molecule has 2 aromatic rings. The van der Waals surface area contributed by atoms with Gasteiger partial charge in [-0.2, -0.15) is 0 Å². The maximum Gasteiger partial charge on any atom is 0.276 e. The molecule has 2 rings (SSSR count). The highest BCUT2D eigenvalue weighted by molar-refractivity contribution is 7.98. The second-order valence-corrected chi connectivity index (χ2v) is 4.90. The number of halogens is 1. The molecule has 1 heterocycles. The fourth-order valence-corrected chi connectivity index (χ4v) is 2.02. The van der Waals surface area contributed by atoms with Gasteiger partial charge in [-0.15, -0.1) is 22.6 Å². The lowest BCUT2D eigenvalue weighted by Crippen LogP contribution is -2.04. The minimum atomic E-state index is -0.212. The molecule has 0 saturated heterocycles. The first-order valence-corrected chi connectivity index (χ1v) is 6.41. The van der Waals surface area contributed by atoms with Crippen molar-refractivity contribution < 1.29 is 4.42 Å². The number of aryl methyl sites for hydroxylation is 1. The van der Waals surface area contributed by atoms with E-state index in [9.17, 15) is 0 Å². The van der Waals surface area contributed by atoms with E-state index in [2.05, 4.69) is 41.4 Å². The van der Waals surface area contributed by atoms with Gasteiger partial charge in [0.15, 0.2) is 0 Å². The first-order valence-electron chi connectivity index (χ1n) is 5.42. The average molecular weight is 286 g/mol. The quantitative estimate of drug-likeness (QED) is 0.875. The van der Waals surface area contributed by atoms with Crippen LogP contribution in [0.25, 0.3) is 0 Å². The van der Waals surface area contributed by atoms with Crippen molar-refractivity contribution >= 4 is 24.2 Å². The van der Waals surface area contributed by atoms with Gasteiger partial charge in [-0.05, 0) is 19.4 Å². The van der Waals surface area contributed by atoms with E-state index in [-0.39, 0.29) is 18.4 Å². The largest absolute Gasteiger partial charge is 0.414 e. The van der Waals surface area contributed by atoms with Gasteiger partial charge in [-0.1, -0.05) is 41.6 Å². The summed E-state index contributed by atoms with van der Waals surface area (Å²) in [4.78, 5) is 0. The number of aromatic nitrogens is 2. The first-order chi connectivity index (χ1) is 8.15. The van der Waals surface area contributed by atoms with Gasteiger partial charge in [0.25, 0.3) is 5.22 Å². The van der Waals surface area contributed by atoms with Crippen LogP contribution >= 0.6 is 24.2 Å². The van der Waals surface area contributed by atoms with E-state index in [1.54, 1.807) is 0 Å². The Kier molecular flexibility index (Phi) is 5.65. The summed E-state index contributed by atoms with van der Waals surface area (Å²) in [5.41, 5.74) is 8.14. The normalized spacial score (nSPS) is 11.9. The molecule has 0 fully saturated rings. The van der Waals surface area contributed by atoms with Crippen LogP contribution in [-0.2, 0) is 5.75 Å². The Morgan fingerprint density at radius 1 is 1.28 bits per heavy atom. The maximum atomic E-state index is 5.65. The third kappa shape index (κ3) is 4.01. The SMILES string of the molecule is Cc1ccc(CSc2nnc([C@H](C)N)o2)cc1.Cl. The number of hydrogen-bond donors (Lipinski definition) is 1. The third-order valence-electron chi connectivity index (χ3n) is 2.29. The van der Waals surface area contributed by atoms with Crippen molar-refractivity contribution in [3.8, 4) is 0 Å². The van der Waals surface area contributed by atoms with Crippen LogP contribution in [0.5, 0.6) is 0 Å². The molecule has 1 aromatic heterocycles. The van der Waals surface area contributed by atoms with Gasteiger partial charge in [0.2, 0.25) is 5.89 Å². The Morgan fingerprint density at radius 2 is 1.94 bits per heavy atom. The van der Waals surface area contributed by atoms with E-state index >= 15 is 0 Å². The molecule has 0 aliphatic carbocycles. The summed E-state index contributed by atoms with van der Waals surface area (Å²) in [6.07, 6.45) is 0. The molecule has 0 aliphatic rings. The molecule has 0 spiro atoms. The minimum Gasteiger partial charge on any atom is -0.414 e. The first kappa shape index (κ1) is 15.0.